The Balaban J connectivity index is 2.61. The van der Waals surface area contributed by atoms with Crippen LogP contribution in [0.2, 0.25) is 0 Å². The average Bonchev–Trinajstić information content (AvgIpc) is 2.77. The van der Waals surface area contributed by atoms with Crippen LogP contribution in [0.5, 0.6) is 0 Å². The van der Waals surface area contributed by atoms with Gasteiger partial charge in [0.05, 0.1) is 6.04 Å². The fourth-order valence-electron chi connectivity index (χ4n) is 1.63. The first kappa shape index (κ1) is 15.5. The first-order valence-corrected chi connectivity index (χ1v) is 6.93. The lowest BCUT2D eigenvalue weighted by Gasteiger charge is -2.28. The van der Waals surface area contributed by atoms with Gasteiger partial charge in [-0.1, -0.05) is 26.8 Å². The van der Waals surface area contributed by atoms with E-state index in [2.05, 4.69) is 10.6 Å². The van der Waals surface area contributed by atoms with E-state index in [1.165, 1.54) is 0 Å². The lowest BCUT2D eigenvalue weighted by molar-refractivity contribution is -0.141. The summed E-state index contributed by atoms with van der Waals surface area (Å²) >= 11 is 1.54. The number of nitrogens with one attached hydrogen (secondary N) is 2. The summed E-state index contributed by atoms with van der Waals surface area (Å²) in [5.41, 5.74) is -0.546. The number of carboxylic acids is 1. The molecular formula is C13H20N2O3S. The molecule has 106 valence electrons. The van der Waals surface area contributed by atoms with Gasteiger partial charge < -0.3 is 15.7 Å². The highest BCUT2D eigenvalue weighted by Gasteiger charge is 2.32. The van der Waals surface area contributed by atoms with E-state index in [-0.39, 0.29) is 6.04 Å². The second-order valence-corrected chi connectivity index (χ2v) is 6.47. The Morgan fingerprint density at radius 3 is 2.37 bits per heavy atom. The predicted octanol–water partition coefficient (Wildman–Crippen LogP) is 2.61. The number of urea groups is 1. The molecule has 5 nitrogen and oxygen atoms in total. The summed E-state index contributed by atoms with van der Waals surface area (Å²) < 4.78 is 0. The van der Waals surface area contributed by atoms with E-state index in [9.17, 15) is 9.59 Å². The number of rotatable bonds is 4. The van der Waals surface area contributed by atoms with Crippen LogP contribution in [0.1, 0.15) is 38.6 Å². The van der Waals surface area contributed by atoms with Crippen LogP contribution < -0.4 is 10.6 Å². The minimum absolute atomic E-state index is 0.144. The van der Waals surface area contributed by atoms with Crippen LogP contribution in [0, 0.1) is 5.41 Å². The van der Waals surface area contributed by atoms with Crippen LogP contribution in [0.4, 0.5) is 4.79 Å². The van der Waals surface area contributed by atoms with Crippen molar-refractivity contribution in [2.75, 3.05) is 0 Å². The summed E-state index contributed by atoms with van der Waals surface area (Å²) in [7, 11) is 0. The van der Waals surface area contributed by atoms with Crippen molar-refractivity contribution in [1.29, 1.82) is 0 Å². The summed E-state index contributed by atoms with van der Waals surface area (Å²) in [5.74, 6) is -1.04. The van der Waals surface area contributed by atoms with Gasteiger partial charge >= 0.3 is 12.0 Å². The smallest absolute Gasteiger partial charge is 0.326 e. The van der Waals surface area contributed by atoms with Crippen LogP contribution in [-0.4, -0.2) is 23.1 Å². The molecule has 0 aliphatic heterocycles. The lowest BCUT2D eigenvalue weighted by atomic mass is 9.87. The molecule has 1 aromatic heterocycles. The summed E-state index contributed by atoms with van der Waals surface area (Å²) in [6, 6.07) is 2.29. The van der Waals surface area contributed by atoms with Crippen molar-refractivity contribution in [2.45, 2.75) is 39.8 Å². The number of aliphatic carboxylic acids is 1. The van der Waals surface area contributed by atoms with Gasteiger partial charge in [0.15, 0.2) is 0 Å². The lowest BCUT2D eigenvalue weighted by Crippen LogP contribution is -2.52. The Bertz CT molecular complexity index is 437. The third-order valence-electron chi connectivity index (χ3n) is 2.71. The highest BCUT2D eigenvalue weighted by molar-refractivity contribution is 7.10. The van der Waals surface area contributed by atoms with Gasteiger partial charge in [-0.05, 0) is 23.8 Å². The molecule has 0 spiro atoms. The van der Waals surface area contributed by atoms with E-state index in [0.717, 1.165) is 4.88 Å². The number of carbonyl (C=O) groups is 2. The third-order valence-corrected chi connectivity index (χ3v) is 3.76. The van der Waals surface area contributed by atoms with Crippen LogP contribution in [0.3, 0.4) is 0 Å². The van der Waals surface area contributed by atoms with Gasteiger partial charge in [0.1, 0.15) is 6.04 Å². The average molecular weight is 284 g/mol. The Labute approximate surface area is 117 Å². The van der Waals surface area contributed by atoms with Crippen molar-refractivity contribution >= 4 is 23.3 Å². The molecule has 1 rings (SSSR count). The van der Waals surface area contributed by atoms with Gasteiger partial charge in [0, 0.05) is 4.88 Å². The van der Waals surface area contributed by atoms with E-state index in [1.54, 1.807) is 32.1 Å². The number of hydrogen-bond acceptors (Lipinski definition) is 3. The molecule has 1 aromatic rings. The Morgan fingerprint density at radius 2 is 1.95 bits per heavy atom. The molecule has 0 saturated heterocycles. The summed E-state index contributed by atoms with van der Waals surface area (Å²) in [6.07, 6.45) is 0. The van der Waals surface area contributed by atoms with Gasteiger partial charge in [0.25, 0.3) is 0 Å². The number of amides is 2. The number of carbonyl (C=O) groups excluding carboxylic acids is 1. The standard InChI is InChI=1S/C13H20N2O3S/c1-8(9-6-5-7-19-9)14-12(18)15-10(11(16)17)13(2,3)4/h5-8,10H,1-4H3,(H,16,17)(H2,14,15,18)/t8?,10-/m1/s1. The normalized spacial score (nSPS) is 14.5. The van der Waals surface area contributed by atoms with Crippen molar-refractivity contribution in [3.05, 3.63) is 22.4 Å². The van der Waals surface area contributed by atoms with E-state index >= 15 is 0 Å². The van der Waals surface area contributed by atoms with Crippen molar-refractivity contribution in [2.24, 2.45) is 5.41 Å². The maximum absolute atomic E-state index is 11.8. The fraction of sp³-hybridized carbons (Fsp3) is 0.538. The van der Waals surface area contributed by atoms with E-state index in [4.69, 9.17) is 5.11 Å². The highest BCUT2D eigenvalue weighted by atomic mass is 32.1. The van der Waals surface area contributed by atoms with Crippen LogP contribution in [0.25, 0.3) is 0 Å². The zero-order valence-electron chi connectivity index (χ0n) is 11.6. The van der Waals surface area contributed by atoms with Gasteiger partial charge in [-0.2, -0.15) is 0 Å². The number of hydrogen-bond donors (Lipinski definition) is 3. The first-order valence-electron chi connectivity index (χ1n) is 6.05. The van der Waals surface area contributed by atoms with E-state index < -0.39 is 23.5 Å². The minimum atomic E-state index is -1.04. The van der Waals surface area contributed by atoms with Crippen molar-refractivity contribution in [3.8, 4) is 0 Å². The molecule has 2 amide bonds. The van der Waals surface area contributed by atoms with E-state index in [1.807, 2.05) is 24.4 Å². The molecule has 0 fully saturated rings. The van der Waals surface area contributed by atoms with Gasteiger partial charge in [0.2, 0.25) is 0 Å². The number of carboxylic acid groups (broad SMARTS) is 1. The van der Waals surface area contributed by atoms with Crippen LogP contribution in [0.15, 0.2) is 17.5 Å². The molecule has 0 bridgehead atoms. The van der Waals surface area contributed by atoms with Gasteiger partial charge in [-0.3, -0.25) is 0 Å². The Morgan fingerprint density at radius 1 is 1.32 bits per heavy atom. The summed E-state index contributed by atoms with van der Waals surface area (Å²) in [5, 5.41) is 16.3. The SMILES string of the molecule is CC(NC(=O)N[C@H](C(=O)O)C(C)(C)C)c1cccs1. The third kappa shape index (κ3) is 4.55. The Hall–Kier alpha value is -1.56. The van der Waals surface area contributed by atoms with Crippen LogP contribution >= 0.6 is 11.3 Å². The zero-order valence-corrected chi connectivity index (χ0v) is 12.4. The van der Waals surface area contributed by atoms with Crippen LogP contribution in [-0.2, 0) is 4.79 Å². The maximum atomic E-state index is 11.8. The Kier molecular flexibility index (Phi) is 4.94. The monoisotopic (exact) mass is 284 g/mol. The van der Waals surface area contributed by atoms with Gasteiger partial charge in [-0.15, -0.1) is 11.3 Å². The molecule has 6 heteroatoms. The molecule has 3 N–H and O–H groups in total. The van der Waals surface area contributed by atoms with Crippen molar-refractivity contribution in [3.63, 3.8) is 0 Å². The molecule has 1 unspecified atom stereocenters. The summed E-state index contributed by atoms with van der Waals surface area (Å²) in [4.78, 5) is 24.0. The molecular weight excluding hydrogens is 264 g/mol. The molecule has 0 aliphatic carbocycles. The predicted molar refractivity (Wildman–Crippen MR) is 75.3 cm³/mol. The maximum Gasteiger partial charge on any atom is 0.326 e. The molecule has 19 heavy (non-hydrogen) atoms. The highest BCUT2D eigenvalue weighted by Crippen LogP contribution is 2.20. The second-order valence-electron chi connectivity index (χ2n) is 5.49. The quantitative estimate of drug-likeness (QED) is 0.795. The van der Waals surface area contributed by atoms with Crippen molar-refractivity contribution < 1.29 is 14.7 Å². The second kappa shape index (κ2) is 6.06. The largest absolute Gasteiger partial charge is 0.480 e. The molecule has 0 saturated carbocycles. The molecule has 1 heterocycles. The van der Waals surface area contributed by atoms with Crippen molar-refractivity contribution in [1.82, 2.24) is 10.6 Å². The molecule has 0 aromatic carbocycles. The molecule has 0 aliphatic rings. The zero-order chi connectivity index (χ0) is 14.6. The first-order chi connectivity index (χ1) is 8.71. The summed E-state index contributed by atoms with van der Waals surface area (Å²) in [6.45, 7) is 7.18. The minimum Gasteiger partial charge on any atom is -0.480 e. The molecule has 0 radical (unpaired) electrons. The molecule has 2 atom stereocenters. The van der Waals surface area contributed by atoms with E-state index in [0.29, 0.717) is 0 Å². The number of thiophene rings is 1. The van der Waals surface area contributed by atoms with Gasteiger partial charge in [-0.25, -0.2) is 9.59 Å². The fourth-order valence-corrected chi connectivity index (χ4v) is 2.36. The topological polar surface area (TPSA) is 78.4 Å².